The molecule has 0 aromatic heterocycles. The zero-order valence-corrected chi connectivity index (χ0v) is 16.9. The van der Waals surface area contributed by atoms with Crippen molar-refractivity contribution in [3.63, 3.8) is 0 Å². The Kier molecular flexibility index (Phi) is 8.30. The highest BCUT2D eigenvalue weighted by atomic mass is 35.5. The van der Waals surface area contributed by atoms with Gasteiger partial charge in [-0.15, -0.1) is 0 Å². The lowest BCUT2D eigenvalue weighted by atomic mass is 10.2. The molecule has 6 nitrogen and oxygen atoms in total. The van der Waals surface area contributed by atoms with Crippen LogP contribution in [0.3, 0.4) is 0 Å². The van der Waals surface area contributed by atoms with E-state index in [1.165, 1.54) is 20.1 Å². The Labute approximate surface area is 174 Å². The van der Waals surface area contributed by atoms with E-state index in [2.05, 4.69) is 11.9 Å². The summed E-state index contributed by atoms with van der Waals surface area (Å²) in [6.07, 6.45) is 3.45. The number of methoxy groups -OCH3 is 1. The van der Waals surface area contributed by atoms with E-state index in [9.17, 15) is 9.59 Å². The van der Waals surface area contributed by atoms with Crippen molar-refractivity contribution in [2.45, 2.75) is 13.0 Å². The highest BCUT2D eigenvalue weighted by molar-refractivity contribution is 6.30. The van der Waals surface area contributed by atoms with Gasteiger partial charge in [0.1, 0.15) is 6.61 Å². The van der Waals surface area contributed by atoms with Crippen molar-refractivity contribution in [1.82, 2.24) is 0 Å². The van der Waals surface area contributed by atoms with Crippen LogP contribution in [0.15, 0.2) is 61.2 Å². The molecule has 0 bridgehead atoms. The molecule has 0 saturated carbocycles. The molecule has 1 N–H and O–H groups in total. The zero-order valence-electron chi connectivity index (χ0n) is 16.2. The maximum Gasteiger partial charge on any atom is 0.331 e. The second-order valence-electron chi connectivity index (χ2n) is 5.92. The molecule has 0 unspecified atom stereocenters. The maximum atomic E-state index is 12.1. The number of hydrogen-bond donors (Lipinski definition) is 1. The van der Waals surface area contributed by atoms with Crippen LogP contribution in [-0.4, -0.2) is 31.7 Å². The number of carbonyl (C=O) groups excluding carboxylic acids is 2. The highest BCUT2D eigenvalue weighted by Gasteiger charge is 2.16. The molecule has 0 aliphatic rings. The Hall–Kier alpha value is -3.25. The molecule has 29 heavy (non-hydrogen) atoms. The topological polar surface area (TPSA) is 73.9 Å². The van der Waals surface area contributed by atoms with Crippen LogP contribution in [0, 0.1) is 0 Å². The first-order chi connectivity index (χ1) is 13.9. The van der Waals surface area contributed by atoms with E-state index in [1.54, 1.807) is 54.6 Å². The number of rotatable bonds is 9. The van der Waals surface area contributed by atoms with E-state index < -0.39 is 18.0 Å². The van der Waals surface area contributed by atoms with Gasteiger partial charge in [-0.1, -0.05) is 36.4 Å². The summed E-state index contributed by atoms with van der Waals surface area (Å²) in [7, 11) is 1.53. The molecular weight excluding hydrogens is 394 g/mol. The first-order valence-corrected chi connectivity index (χ1v) is 9.17. The van der Waals surface area contributed by atoms with Crippen molar-refractivity contribution in [1.29, 1.82) is 0 Å². The van der Waals surface area contributed by atoms with Gasteiger partial charge in [-0.25, -0.2) is 4.79 Å². The van der Waals surface area contributed by atoms with Crippen molar-refractivity contribution >= 4 is 35.2 Å². The molecule has 0 heterocycles. The van der Waals surface area contributed by atoms with Gasteiger partial charge in [-0.3, -0.25) is 4.79 Å². The van der Waals surface area contributed by atoms with Gasteiger partial charge in [0.2, 0.25) is 0 Å². The molecule has 0 aliphatic heterocycles. The van der Waals surface area contributed by atoms with E-state index >= 15 is 0 Å². The van der Waals surface area contributed by atoms with Crippen LogP contribution in [0.2, 0.25) is 5.02 Å². The lowest BCUT2D eigenvalue weighted by Gasteiger charge is -2.12. The van der Waals surface area contributed by atoms with Crippen LogP contribution in [0.4, 0.5) is 5.69 Å². The number of esters is 1. The summed E-state index contributed by atoms with van der Waals surface area (Å²) in [5, 5.41) is 3.13. The smallest absolute Gasteiger partial charge is 0.331 e. The van der Waals surface area contributed by atoms with Crippen LogP contribution >= 0.6 is 11.6 Å². The SMILES string of the molecule is C=CCOc1ccc(/C=C/C(=O)O[C@@H](C)C(=O)Nc2cccc(Cl)c2)cc1OC. The maximum absolute atomic E-state index is 12.1. The third-order valence-corrected chi connectivity index (χ3v) is 3.95. The monoisotopic (exact) mass is 415 g/mol. The molecule has 152 valence electrons. The molecule has 0 radical (unpaired) electrons. The van der Waals surface area contributed by atoms with E-state index in [0.29, 0.717) is 34.4 Å². The quantitative estimate of drug-likeness (QED) is 0.371. The standard InChI is InChI=1S/C22H22ClNO5/c1-4-12-28-19-10-8-16(13-20(19)27-3)9-11-21(25)29-15(2)22(26)24-18-7-5-6-17(23)14-18/h4-11,13-15H,1,12H2,2-3H3,(H,24,26)/b11-9+/t15-/m0/s1. The summed E-state index contributed by atoms with van der Waals surface area (Å²) >= 11 is 5.88. The Morgan fingerprint density at radius 2 is 2.00 bits per heavy atom. The Morgan fingerprint density at radius 3 is 2.69 bits per heavy atom. The molecule has 2 aromatic rings. The summed E-state index contributed by atoms with van der Waals surface area (Å²) in [6, 6.07) is 11.9. The van der Waals surface area contributed by atoms with Crippen LogP contribution < -0.4 is 14.8 Å². The predicted octanol–water partition coefficient (Wildman–Crippen LogP) is 4.50. The van der Waals surface area contributed by atoms with Gasteiger partial charge in [-0.05, 0) is 48.9 Å². The number of nitrogens with one attached hydrogen (secondary N) is 1. The molecule has 7 heteroatoms. The van der Waals surface area contributed by atoms with Crippen LogP contribution in [0.5, 0.6) is 11.5 Å². The molecule has 0 aliphatic carbocycles. The van der Waals surface area contributed by atoms with Crippen molar-refractivity contribution in [2.24, 2.45) is 0 Å². The minimum atomic E-state index is -0.977. The first kappa shape index (κ1) is 22.0. The van der Waals surface area contributed by atoms with Crippen LogP contribution in [0.1, 0.15) is 12.5 Å². The van der Waals surface area contributed by atoms with Gasteiger partial charge in [0.05, 0.1) is 7.11 Å². The molecule has 2 rings (SSSR count). The second kappa shape index (κ2) is 10.9. The zero-order chi connectivity index (χ0) is 21.2. The van der Waals surface area contributed by atoms with E-state index in [0.717, 1.165) is 0 Å². The lowest BCUT2D eigenvalue weighted by molar-refractivity contribution is -0.148. The Balaban J connectivity index is 1.94. The summed E-state index contributed by atoms with van der Waals surface area (Å²) in [5.74, 6) is -0.0147. The van der Waals surface area contributed by atoms with E-state index in [1.807, 2.05) is 0 Å². The summed E-state index contributed by atoms with van der Waals surface area (Å²) in [5.41, 5.74) is 1.23. The summed E-state index contributed by atoms with van der Waals surface area (Å²) in [6.45, 7) is 5.44. The predicted molar refractivity (Wildman–Crippen MR) is 113 cm³/mol. The van der Waals surface area contributed by atoms with Crippen molar-refractivity contribution < 1.29 is 23.8 Å². The summed E-state index contributed by atoms with van der Waals surface area (Å²) < 4.78 is 15.9. The van der Waals surface area contributed by atoms with E-state index in [-0.39, 0.29) is 0 Å². The fraction of sp³-hybridized carbons (Fsp3) is 0.182. The van der Waals surface area contributed by atoms with Gasteiger partial charge in [0.25, 0.3) is 5.91 Å². The normalized spacial score (nSPS) is 11.6. The Morgan fingerprint density at radius 1 is 1.21 bits per heavy atom. The number of ether oxygens (including phenoxy) is 3. The minimum Gasteiger partial charge on any atom is -0.493 e. The number of benzene rings is 2. The number of carbonyl (C=O) groups is 2. The van der Waals surface area contributed by atoms with E-state index in [4.69, 9.17) is 25.8 Å². The molecule has 1 amide bonds. The second-order valence-corrected chi connectivity index (χ2v) is 6.36. The van der Waals surface area contributed by atoms with Crippen LogP contribution in [-0.2, 0) is 14.3 Å². The molecule has 0 saturated heterocycles. The molecule has 2 aromatic carbocycles. The average molecular weight is 416 g/mol. The Bertz CT molecular complexity index is 910. The molecule has 0 spiro atoms. The highest BCUT2D eigenvalue weighted by Crippen LogP contribution is 2.28. The fourth-order valence-corrected chi connectivity index (χ4v) is 2.49. The number of halogens is 1. The van der Waals surface area contributed by atoms with Crippen molar-refractivity contribution in [3.05, 3.63) is 71.8 Å². The van der Waals surface area contributed by atoms with Gasteiger partial charge >= 0.3 is 5.97 Å². The lowest BCUT2D eigenvalue weighted by Crippen LogP contribution is -2.29. The third-order valence-electron chi connectivity index (χ3n) is 3.71. The third kappa shape index (κ3) is 7.01. The largest absolute Gasteiger partial charge is 0.493 e. The first-order valence-electron chi connectivity index (χ1n) is 8.79. The van der Waals surface area contributed by atoms with Gasteiger partial charge in [0, 0.05) is 16.8 Å². The van der Waals surface area contributed by atoms with Crippen LogP contribution in [0.25, 0.3) is 6.08 Å². The van der Waals surface area contributed by atoms with Crippen molar-refractivity contribution in [2.75, 3.05) is 19.0 Å². The van der Waals surface area contributed by atoms with Crippen molar-refractivity contribution in [3.8, 4) is 11.5 Å². The average Bonchev–Trinajstić information content (AvgIpc) is 2.70. The minimum absolute atomic E-state index is 0.354. The van der Waals surface area contributed by atoms with Gasteiger partial charge < -0.3 is 19.5 Å². The van der Waals surface area contributed by atoms with Gasteiger partial charge in [-0.2, -0.15) is 0 Å². The summed E-state index contributed by atoms with van der Waals surface area (Å²) in [4.78, 5) is 24.2. The molecule has 0 fully saturated rings. The molecular formula is C22H22ClNO5. The fourth-order valence-electron chi connectivity index (χ4n) is 2.30. The number of anilines is 1. The number of amides is 1. The number of hydrogen-bond acceptors (Lipinski definition) is 5. The molecule has 1 atom stereocenters. The van der Waals surface area contributed by atoms with Gasteiger partial charge in [0.15, 0.2) is 17.6 Å².